The standard InChI is InChI=1S/C13H20N2O/c1-13(2,3)15-8-7-14-11-9-10(16-4)5-6-12(11)15/h5-6,9,14H,7-8H2,1-4H3. The topological polar surface area (TPSA) is 24.5 Å². The van der Waals surface area contributed by atoms with Crippen molar-refractivity contribution in [3.63, 3.8) is 0 Å². The van der Waals surface area contributed by atoms with Crippen LogP contribution in [0.1, 0.15) is 20.8 Å². The van der Waals surface area contributed by atoms with Crippen molar-refractivity contribution in [2.45, 2.75) is 26.3 Å². The molecule has 1 N–H and O–H groups in total. The number of hydrogen-bond acceptors (Lipinski definition) is 3. The van der Waals surface area contributed by atoms with Crippen molar-refractivity contribution in [2.75, 3.05) is 30.4 Å². The molecule has 0 aromatic heterocycles. The summed E-state index contributed by atoms with van der Waals surface area (Å²) in [5.74, 6) is 0.905. The first-order valence-corrected chi connectivity index (χ1v) is 5.72. The Labute approximate surface area is 97.4 Å². The summed E-state index contributed by atoms with van der Waals surface area (Å²) in [7, 11) is 1.70. The van der Waals surface area contributed by atoms with Crippen molar-refractivity contribution in [2.24, 2.45) is 0 Å². The number of methoxy groups -OCH3 is 1. The van der Waals surface area contributed by atoms with Crippen molar-refractivity contribution in [1.82, 2.24) is 0 Å². The van der Waals surface area contributed by atoms with Crippen LogP contribution in [-0.2, 0) is 0 Å². The molecule has 0 spiro atoms. The lowest BCUT2D eigenvalue weighted by Crippen LogP contribution is -2.46. The largest absolute Gasteiger partial charge is 0.497 e. The minimum absolute atomic E-state index is 0.158. The van der Waals surface area contributed by atoms with Gasteiger partial charge in [0.15, 0.2) is 0 Å². The highest BCUT2D eigenvalue weighted by Crippen LogP contribution is 2.36. The van der Waals surface area contributed by atoms with Crippen molar-refractivity contribution in [3.8, 4) is 5.75 Å². The third-order valence-electron chi connectivity index (χ3n) is 2.96. The fourth-order valence-electron chi connectivity index (χ4n) is 2.14. The molecule has 2 rings (SSSR count). The van der Waals surface area contributed by atoms with Crippen LogP contribution in [0.5, 0.6) is 5.75 Å². The van der Waals surface area contributed by atoms with Gasteiger partial charge in [0.05, 0.1) is 18.5 Å². The van der Waals surface area contributed by atoms with Gasteiger partial charge in [0.25, 0.3) is 0 Å². The van der Waals surface area contributed by atoms with Gasteiger partial charge in [0.1, 0.15) is 5.75 Å². The Kier molecular flexibility index (Phi) is 2.70. The van der Waals surface area contributed by atoms with Gasteiger partial charge < -0.3 is 15.0 Å². The van der Waals surface area contributed by atoms with Crippen LogP contribution in [0, 0.1) is 0 Å². The molecule has 0 saturated carbocycles. The minimum atomic E-state index is 0.158. The molecule has 0 fully saturated rings. The Morgan fingerprint density at radius 3 is 2.69 bits per heavy atom. The predicted octanol–water partition coefficient (Wildman–Crippen LogP) is 2.73. The van der Waals surface area contributed by atoms with E-state index >= 15 is 0 Å². The highest BCUT2D eigenvalue weighted by atomic mass is 16.5. The van der Waals surface area contributed by atoms with Crippen molar-refractivity contribution >= 4 is 11.4 Å². The number of hydrogen-bond donors (Lipinski definition) is 1. The molecular formula is C13H20N2O. The molecule has 1 heterocycles. The van der Waals surface area contributed by atoms with E-state index in [1.165, 1.54) is 11.4 Å². The molecule has 0 saturated heterocycles. The molecule has 1 aliphatic rings. The van der Waals surface area contributed by atoms with Gasteiger partial charge in [0.2, 0.25) is 0 Å². The summed E-state index contributed by atoms with van der Waals surface area (Å²) in [5, 5.41) is 3.42. The third kappa shape index (κ3) is 1.94. The maximum atomic E-state index is 5.24. The van der Waals surface area contributed by atoms with Gasteiger partial charge in [-0.3, -0.25) is 0 Å². The average Bonchev–Trinajstić information content (AvgIpc) is 2.26. The molecule has 0 aliphatic carbocycles. The van der Waals surface area contributed by atoms with Crippen LogP contribution >= 0.6 is 0 Å². The molecule has 3 nitrogen and oxygen atoms in total. The Morgan fingerprint density at radius 1 is 1.31 bits per heavy atom. The number of anilines is 2. The van der Waals surface area contributed by atoms with E-state index in [9.17, 15) is 0 Å². The number of rotatable bonds is 1. The summed E-state index contributed by atoms with van der Waals surface area (Å²) >= 11 is 0. The van der Waals surface area contributed by atoms with E-state index in [0.717, 1.165) is 18.8 Å². The van der Waals surface area contributed by atoms with Gasteiger partial charge in [-0.15, -0.1) is 0 Å². The Morgan fingerprint density at radius 2 is 2.06 bits per heavy atom. The lowest BCUT2D eigenvalue weighted by molar-refractivity contribution is 0.414. The molecule has 1 aromatic carbocycles. The summed E-state index contributed by atoms with van der Waals surface area (Å²) in [4.78, 5) is 2.43. The molecule has 0 amide bonds. The van der Waals surface area contributed by atoms with E-state index < -0.39 is 0 Å². The summed E-state index contributed by atoms with van der Waals surface area (Å²) in [6, 6.07) is 6.21. The van der Waals surface area contributed by atoms with Gasteiger partial charge in [-0.1, -0.05) is 0 Å². The second-order valence-electron chi connectivity index (χ2n) is 5.13. The van der Waals surface area contributed by atoms with Crippen LogP contribution in [0.2, 0.25) is 0 Å². The minimum Gasteiger partial charge on any atom is -0.497 e. The summed E-state index contributed by atoms with van der Waals surface area (Å²) in [5.41, 5.74) is 2.59. The zero-order valence-electron chi connectivity index (χ0n) is 10.5. The lowest BCUT2D eigenvalue weighted by atomic mass is 10.0. The molecule has 0 radical (unpaired) electrons. The molecule has 1 aromatic rings. The monoisotopic (exact) mass is 220 g/mol. The summed E-state index contributed by atoms with van der Waals surface area (Å²) in [6.45, 7) is 8.76. The summed E-state index contributed by atoms with van der Waals surface area (Å²) < 4.78 is 5.24. The fourth-order valence-corrected chi connectivity index (χ4v) is 2.14. The highest BCUT2D eigenvalue weighted by Gasteiger charge is 2.26. The van der Waals surface area contributed by atoms with E-state index in [0.29, 0.717) is 0 Å². The van der Waals surface area contributed by atoms with Gasteiger partial charge in [-0.2, -0.15) is 0 Å². The second-order valence-corrected chi connectivity index (χ2v) is 5.13. The van der Waals surface area contributed by atoms with Crippen molar-refractivity contribution in [3.05, 3.63) is 18.2 Å². The van der Waals surface area contributed by atoms with E-state index in [-0.39, 0.29) is 5.54 Å². The Bertz CT molecular complexity index is 382. The van der Waals surface area contributed by atoms with Crippen LogP contribution in [0.3, 0.4) is 0 Å². The number of nitrogens with zero attached hydrogens (tertiary/aromatic N) is 1. The van der Waals surface area contributed by atoms with E-state index in [2.05, 4.69) is 43.1 Å². The van der Waals surface area contributed by atoms with Gasteiger partial charge >= 0.3 is 0 Å². The first-order chi connectivity index (χ1) is 7.52. The van der Waals surface area contributed by atoms with E-state index in [1.54, 1.807) is 7.11 Å². The summed E-state index contributed by atoms with van der Waals surface area (Å²) in [6.07, 6.45) is 0. The molecule has 0 atom stereocenters. The molecule has 16 heavy (non-hydrogen) atoms. The zero-order valence-corrected chi connectivity index (χ0v) is 10.5. The quantitative estimate of drug-likeness (QED) is 0.787. The van der Waals surface area contributed by atoms with Gasteiger partial charge in [0, 0.05) is 24.7 Å². The van der Waals surface area contributed by atoms with Crippen LogP contribution in [0.25, 0.3) is 0 Å². The van der Waals surface area contributed by atoms with E-state index in [4.69, 9.17) is 4.74 Å². The lowest BCUT2D eigenvalue weighted by Gasteiger charge is -2.42. The van der Waals surface area contributed by atoms with Crippen LogP contribution in [0.15, 0.2) is 18.2 Å². The Balaban J connectivity index is 2.40. The number of nitrogens with one attached hydrogen (secondary N) is 1. The number of ether oxygens (including phenoxy) is 1. The second kappa shape index (κ2) is 3.89. The van der Waals surface area contributed by atoms with Crippen LogP contribution < -0.4 is 15.0 Å². The van der Waals surface area contributed by atoms with Crippen molar-refractivity contribution < 1.29 is 4.74 Å². The maximum Gasteiger partial charge on any atom is 0.121 e. The van der Waals surface area contributed by atoms with Gasteiger partial charge in [-0.25, -0.2) is 0 Å². The maximum absolute atomic E-state index is 5.24. The smallest absolute Gasteiger partial charge is 0.121 e. The fraction of sp³-hybridized carbons (Fsp3) is 0.538. The molecule has 1 aliphatic heterocycles. The van der Waals surface area contributed by atoms with Crippen molar-refractivity contribution in [1.29, 1.82) is 0 Å². The first kappa shape index (κ1) is 11.1. The molecule has 88 valence electrons. The van der Waals surface area contributed by atoms with Crippen LogP contribution in [-0.4, -0.2) is 25.7 Å². The number of benzene rings is 1. The van der Waals surface area contributed by atoms with Gasteiger partial charge in [-0.05, 0) is 32.9 Å². The normalized spacial score (nSPS) is 15.4. The number of fused-ring (bicyclic) bond motifs is 1. The SMILES string of the molecule is COc1ccc2c(c1)NCCN2C(C)(C)C. The molecule has 0 unspecified atom stereocenters. The van der Waals surface area contributed by atoms with E-state index in [1.807, 2.05) is 6.07 Å². The van der Waals surface area contributed by atoms with Crippen LogP contribution in [0.4, 0.5) is 11.4 Å². The molecule has 0 bridgehead atoms. The predicted molar refractivity (Wildman–Crippen MR) is 68.6 cm³/mol. The first-order valence-electron chi connectivity index (χ1n) is 5.72. The molecular weight excluding hydrogens is 200 g/mol. The third-order valence-corrected chi connectivity index (χ3v) is 2.96. The highest BCUT2D eigenvalue weighted by molar-refractivity contribution is 5.74. The Hall–Kier alpha value is -1.38. The average molecular weight is 220 g/mol. The molecule has 3 heteroatoms. The zero-order chi connectivity index (χ0) is 11.8.